The predicted molar refractivity (Wildman–Crippen MR) is 146 cm³/mol. The zero-order valence-corrected chi connectivity index (χ0v) is 21.9. The van der Waals surface area contributed by atoms with Gasteiger partial charge in [0.25, 0.3) is 0 Å². The normalized spacial score (nSPS) is 14.3. The number of nitrogens with zero attached hydrogens (tertiary/aromatic N) is 5. The molecule has 0 unspecified atom stereocenters. The summed E-state index contributed by atoms with van der Waals surface area (Å²) in [5.41, 5.74) is 9.96. The van der Waals surface area contributed by atoms with Crippen molar-refractivity contribution in [2.24, 2.45) is 0 Å². The Balaban J connectivity index is 1.45. The van der Waals surface area contributed by atoms with Crippen LogP contribution in [0.5, 0.6) is 5.75 Å². The molecule has 1 aliphatic rings. The van der Waals surface area contributed by atoms with Gasteiger partial charge in [-0.1, -0.05) is 31.9 Å². The summed E-state index contributed by atoms with van der Waals surface area (Å²) in [6, 6.07) is 8.33. The SMILES string of the molecule is CCCCCNc1nc(N)nc2ccn(Cc3ccc(CN4CCN(C(=O)CCO)CC4)cc3OC)c12. The summed E-state index contributed by atoms with van der Waals surface area (Å²) in [5, 5.41) is 12.5. The van der Waals surface area contributed by atoms with Gasteiger partial charge in [-0.05, 0) is 24.1 Å². The minimum Gasteiger partial charge on any atom is -0.496 e. The average molecular weight is 510 g/mol. The van der Waals surface area contributed by atoms with Crippen molar-refractivity contribution in [2.75, 3.05) is 57.5 Å². The lowest BCUT2D eigenvalue weighted by Gasteiger charge is -2.34. The first-order chi connectivity index (χ1) is 18.0. The van der Waals surface area contributed by atoms with Crippen LogP contribution in [0.15, 0.2) is 30.5 Å². The third-order valence-corrected chi connectivity index (χ3v) is 6.85. The zero-order valence-electron chi connectivity index (χ0n) is 21.9. The van der Waals surface area contributed by atoms with Gasteiger partial charge in [0, 0.05) is 57.4 Å². The molecule has 1 fully saturated rings. The number of rotatable bonds is 12. The Morgan fingerprint density at radius 3 is 2.68 bits per heavy atom. The van der Waals surface area contributed by atoms with Crippen molar-refractivity contribution in [1.82, 2.24) is 24.3 Å². The van der Waals surface area contributed by atoms with Crippen LogP contribution < -0.4 is 15.8 Å². The number of carbonyl (C=O) groups is 1. The highest BCUT2D eigenvalue weighted by Crippen LogP contribution is 2.27. The molecule has 1 aliphatic heterocycles. The molecule has 37 heavy (non-hydrogen) atoms. The molecular formula is C27H39N7O3. The Morgan fingerprint density at radius 2 is 1.95 bits per heavy atom. The molecule has 10 nitrogen and oxygen atoms in total. The van der Waals surface area contributed by atoms with Crippen LogP contribution in [0.3, 0.4) is 0 Å². The first kappa shape index (κ1) is 26.7. The smallest absolute Gasteiger partial charge is 0.224 e. The van der Waals surface area contributed by atoms with Gasteiger partial charge in [0.2, 0.25) is 11.9 Å². The number of ether oxygens (including phenoxy) is 1. The van der Waals surface area contributed by atoms with E-state index in [1.807, 2.05) is 17.2 Å². The third-order valence-electron chi connectivity index (χ3n) is 6.85. The van der Waals surface area contributed by atoms with E-state index in [1.54, 1.807) is 7.11 Å². The van der Waals surface area contributed by atoms with Crippen LogP contribution in [0.2, 0.25) is 0 Å². The van der Waals surface area contributed by atoms with Gasteiger partial charge < -0.3 is 30.4 Å². The van der Waals surface area contributed by atoms with Crippen LogP contribution in [-0.4, -0.2) is 81.8 Å². The van der Waals surface area contributed by atoms with Crippen LogP contribution in [0.25, 0.3) is 11.0 Å². The topological polar surface area (TPSA) is 122 Å². The van der Waals surface area contributed by atoms with Crippen molar-refractivity contribution in [2.45, 2.75) is 45.7 Å². The molecule has 0 radical (unpaired) electrons. The summed E-state index contributed by atoms with van der Waals surface area (Å²) in [6.45, 7) is 7.36. The van der Waals surface area contributed by atoms with E-state index in [-0.39, 0.29) is 24.9 Å². The number of hydrogen-bond donors (Lipinski definition) is 3. The monoisotopic (exact) mass is 509 g/mol. The van der Waals surface area contributed by atoms with Gasteiger partial charge in [-0.3, -0.25) is 9.69 Å². The number of amides is 1. The van der Waals surface area contributed by atoms with E-state index in [0.29, 0.717) is 19.6 Å². The molecule has 3 aromatic rings. The van der Waals surface area contributed by atoms with Gasteiger partial charge in [-0.25, -0.2) is 4.98 Å². The van der Waals surface area contributed by atoms with Crippen LogP contribution in [-0.2, 0) is 17.9 Å². The Morgan fingerprint density at radius 1 is 1.14 bits per heavy atom. The Hall–Kier alpha value is -3.37. The highest BCUT2D eigenvalue weighted by Gasteiger charge is 2.21. The fourth-order valence-electron chi connectivity index (χ4n) is 4.83. The zero-order chi connectivity index (χ0) is 26.2. The lowest BCUT2D eigenvalue weighted by molar-refractivity contribution is -0.133. The Labute approximate surface area is 218 Å². The second-order valence-corrected chi connectivity index (χ2v) is 9.52. The van der Waals surface area contributed by atoms with E-state index in [2.05, 4.69) is 49.9 Å². The molecule has 0 aliphatic carbocycles. The maximum atomic E-state index is 12.0. The largest absolute Gasteiger partial charge is 0.496 e. The van der Waals surface area contributed by atoms with Gasteiger partial charge >= 0.3 is 0 Å². The van der Waals surface area contributed by atoms with Crippen LogP contribution in [0, 0.1) is 0 Å². The van der Waals surface area contributed by atoms with Gasteiger partial charge in [0.05, 0.1) is 25.8 Å². The molecule has 0 atom stereocenters. The lowest BCUT2D eigenvalue weighted by atomic mass is 10.1. The molecule has 1 aromatic carbocycles. The summed E-state index contributed by atoms with van der Waals surface area (Å²) >= 11 is 0. The van der Waals surface area contributed by atoms with E-state index in [9.17, 15) is 4.79 Å². The number of nitrogens with two attached hydrogens (primary N) is 1. The number of nitrogens with one attached hydrogen (secondary N) is 1. The molecule has 200 valence electrons. The molecular weight excluding hydrogens is 470 g/mol. The van der Waals surface area contributed by atoms with Crippen molar-refractivity contribution in [3.8, 4) is 5.75 Å². The summed E-state index contributed by atoms with van der Waals surface area (Å²) in [7, 11) is 1.70. The lowest BCUT2D eigenvalue weighted by Crippen LogP contribution is -2.48. The van der Waals surface area contributed by atoms with E-state index in [4.69, 9.17) is 15.6 Å². The minimum absolute atomic E-state index is 0.0260. The van der Waals surface area contributed by atoms with E-state index in [1.165, 1.54) is 12.0 Å². The molecule has 10 heteroatoms. The standard InChI is InChI=1S/C27H39N7O3/c1-3-4-5-10-29-26-25-22(30-27(28)31-26)8-11-34(25)19-21-7-6-20(17-23(21)37-2)18-32-12-14-33(15-13-32)24(36)9-16-35/h6-8,11,17,35H,3-5,9-10,12-16,18-19H2,1-2H3,(H3,28,29,30,31). The van der Waals surface area contributed by atoms with Crippen molar-refractivity contribution < 1.29 is 14.6 Å². The van der Waals surface area contributed by atoms with Gasteiger partial charge in [-0.15, -0.1) is 0 Å². The van der Waals surface area contributed by atoms with Crippen molar-refractivity contribution in [3.63, 3.8) is 0 Å². The fraction of sp³-hybridized carbons (Fsp3) is 0.519. The average Bonchev–Trinajstić information content (AvgIpc) is 3.30. The molecule has 4 N–H and O–H groups in total. The highest BCUT2D eigenvalue weighted by molar-refractivity contribution is 5.87. The summed E-state index contributed by atoms with van der Waals surface area (Å²) in [5.74, 6) is 1.89. The number of hydrogen-bond acceptors (Lipinski definition) is 8. The van der Waals surface area contributed by atoms with Crippen molar-refractivity contribution in [1.29, 1.82) is 0 Å². The molecule has 1 saturated heterocycles. The number of methoxy groups -OCH3 is 1. The summed E-state index contributed by atoms with van der Waals surface area (Å²) in [6.07, 6.45) is 5.62. The number of anilines is 2. The fourth-order valence-corrected chi connectivity index (χ4v) is 4.83. The highest BCUT2D eigenvalue weighted by atomic mass is 16.5. The maximum absolute atomic E-state index is 12.0. The quantitative estimate of drug-likeness (QED) is 0.319. The number of fused-ring (bicyclic) bond motifs is 1. The summed E-state index contributed by atoms with van der Waals surface area (Å²) in [4.78, 5) is 25.1. The molecule has 3 heterocycles. The molecule has 0 saturated carbocycles. The molecule has 1 amide bonds. The number of aliphatic hydroxyl groups is 1. The second-order valence-electron chi connectivity index (χ2n) is 9.52. The van der Waals surface area contributed by atoms with Gasteiger partial charge in [-0.2, -0.15) is 4.98 Å². The Kier molecular flexibility index (Phi) is 9.19. The number of aromatic nitrogens is 3. The number of benzene rings is 1. The second kappa shape index (κ2) is 12.7. The van der Waals surface area contributed by atoms with E-state index >= 15 is 0 Å². The minimum atomic E-state index is -0.0954. The molecule has 2 aromatic heterocycles. The first-order valence-electron chi connectivity index (χ1n) is 13.1. The van der Waals surface area contributed by atoms with Crippen LogP contribution in [0.1, 0.15) is 43.7 Å². The van der Waals surface area contributed by atoms with Crippen molar-refractivity contribution >= 4 is 28.7 Å². The molecule has 4 rings (SSSR count). The van der Waals surface area contributed by atoms with Crippen LogP contribution in [0.4, 0.5) is 11.8 Å². The number of piperazine rings is 1. The number of unbranched alkanes of at least 4 members (excludes halogenated alkanes) is 2. The van der Waals surface area contributed by atoms with E-state index in [0.717, 1.165) is 67.2 Å². The molecule has 0 spiro atoms. The number of nitrogen functional groups attached to an aromatic ring is 1. The third kappa shape index (κ3) is 6.69. The van der Waals surface area contributed by atoms with Gasteiger partial charge in [0.1, 0.15) is 11.3 Å². The summed E-state index contributed by atoms with van der Waals surface area (Å²) < 4.78 is 7.91. The first-order valence-corrected chi connectivity index (χ1v) is 13.1. The van der Waals surface area contributed by atoms with Gasteiger partial charge in [0.15, 0.2) is 5.82 Å². The van der Waals surface area contributed by atoms with Crippen LogP contribution >= 0.6 is 0 Å². The predicted octanol–water partition coefficient (Wildman–Crippen LogP) is 2.70. The molecule has 0 bridgehead atoms. The maximum Gasteiger partial charge on any atom is 0.224 e. The van der Waals surface area contributed by atoms with E-state index < -0.39 is 0 Å². The van der Waals surface area contributed by atoms with Crippen molar-refractivity contribution in [3.05, 3.63) is 41.6 Å². The Bertz CT molecular complexity index is 1190. The number of carbonyl (C=O) groups excluding carboxylic acids is 1. The number of aliphatic hydroxyl groups excluding tert-OH is 1.